The zero-order valence-corrected chi connectivity index (χ0v) is 24.5. The minimum absolute atomic E-state index is 0.0252. The Hall–Kier alpha value is -5.37. The number of likely N-dealkylation sites (N-methyl/N-ethyl adjacent to an activating group) is 1. The Labute approximate surface area is 256 Å². The van der Waals surface area contributed by atoms with Gasteiger partial charge in [0.25, 0.3) is 0 Å². The van der Waals surface area contributed by atoms with Gasteiger partial charge in [0.2, 0.25) is 5.91 Å². The first-order valence-electron chi connectivity index (χ1n) is 14.3. The molecule has 12 nitrogen and oxygen atoms in total. The minimum Gasteiger partial charge on any atom is -0.488 e. The lowest BCUT2D eigenvalue weighted by Crippen LogP contribution is -2.58. The van der Waals surface area contributed by atoms with E-state index in [2.05, 4.69) is 30.3 Å². The Bertz CT molecular complexity index is 1950. The number of hydrogen-bond donors (Lipinski definition) is 1. The van der Waals surface area contributed by atoms with Crippen LogP contribution in [0.3, 0.4) is 0 Å². The summed E-state index contributed by atoms with van der Waals surface area (Å²) in [5.41, 5.74) is 1.77. The van der Waals surface area contributed by atoms with Crippen LogP contribution in [-0.2, 0) is 4.79 Å². The Kier molecular flexibility index (Phi) is 7.33. The lowest BCUT2D eigenvalue weighted by molar-refractivity contribution is -0.127. The minimum atomic E-state index is -0.774. The number of ether oxygens (including phenoxy) is 2. The molecule has 0 bridgehead atoms. The Morgan fingerprint density at radius 3 is 2.87 bits per heavy atom. The van der Waals surface area contributed by atoms with E-state index in [1.807, 2.05) is 42.1 Å². The highest BCUT2D eigenvalue weighted by Gasteiger charge is 2.35. The van der Waals surface area contributed by atoms with Crippen molar-refractivity contribution < 1.29 is 23.0 Å². The number of nitrogens with zero attached hydrogens (tertiary/aromatic N) is 8. The number of pyridine rings is 1. The van der Waals surface area contributed by atoms with Crippen LogP contribution in [0.2, 0.25) is 0 Å². The maximum absolute atomic E-state index is 15.3. The molecular formula is C31H29F2N9O3. The molecule has 1 amide bonds. The quantitative estimate of drug-likeness (QED) is 0.270. The first-order chi connectivity index (χ1) is 21.8. The van der Waals surface area contributed by atoms with Gasteiger partial charge in [-0.3, -0.25) is 4.79 Å². The fraction of sp³-hybridized carbons (Fsp3) is 0.258. The lowest BCUT2D eigenvalue weighted by Gasteiger charge is -2.45. The summed E-state index contributed by atoms with van der Waals surface area (Å²) in [6.45, 7) is 2.71. The molecule has 1 atom stereocenters. The van der Waals surface area contributed by atoms with E-state index in [1.54, 1.807) is 24.4 Å². The molecule has 45 heavy (non-hydrogen) atoms. The van der Waals surface area contributed by atoms with Gasteiger partial charge in [-0.15, -0.1) is 0 Å². The molecule has 0 radical (unpaired) electrons. The average molecular weight is 614 g/mol. The lowest BCUT2D eigenvalue weighted by atomic mass is 10.1. The van der Waals surface area contributed by atoms with Crippen LogP contribution in [0.1, 0.15) is 0 Å². The Morgan fingerprint density at radius 2 is 2.00 bits per heavy atom. The molecule has 7 rings (SSSR count). The molecule has 5 heterocycles. The zero-order chi connectivity index (χ0) is 31.1. The number of piperazine rings is 1. The third kappa shape index (κ3) is 5.55. The number of aromatic nitrogens is 5. The Balaban J connectivity index is 1.13. The first-order valence-corrected chi connectivity index (χ1v) is 14.3. The van der Waals surface area contributed by atoms with E-state index in [4.69, 9.17) is 9.47 Å². The fourth-order valence-corrected chi connectivity index (χ4v) is 5.56. The van der Waals surface area contributed by atoms with Gasteiger partial charge < -0.3 is 29.5 Å². The molecule has 1 saturated heterocycles. The molecule has 1 fully saturated rings. The first kappa shape index (κ1) is 28.4. The van der Waals surface area contributed by atoms with E-state index in [0.29, 0.717) is 55.1 Å². The van der Waals surface area contributed by atoms with Crippen molar-refractivity contribution in [3.05, 3.63) is 79.0 Å². The summed E-state index contributed by atoms with van der Waals surface area (Å²) in [6, 6.07) is 8.87. The number of amides is 1. The van der Waals surface area contributed by atoms with Crippen molar-refractivity contribution in [2.45, 2.75) is 6.04 Å². The maximum Gasteiger partial charge on any atom is 0.246 e. The molecule has 2 aliphatic heterocycles. The summed E-state index contributed by atoms with van der Waals surface area (Å²) in [5.74, 6) is -0.739. The molecule has 14 heteroatoms. The van der Waals surface area contributed by atoms with Crippen LogP contribution in [0.15, 0.2) is 67.4 Å². The molecule has 230 valence electrons. The van der Waals surface area contributed by atoms with Gasteiger partial charge in [0, 0.05) is 56.7 Å². The molecule has 1 N–H and O–H groups in total. The predicted molar refractivity (Wildman–Crippen MR) is 163 cm³/mol. The van der Waals surface area contributed by atoms with Crippen LogP contribution in [0.25, 0.3) is 16.6 Å². The normalized spacial score (nSPS) is 16.2. The summed E-state index contributed by atoms with van der Waals surface area (Å²) in [5, 5.41) is 7.48. The molecule has 3 aromatic heterocycles. The standard InChI is InChI=1S/C31H29F2N9O3/c1-39(2)8-3-4-28(43)40-10-11-41-19(15-40)16-44-30-25(41)6-5-23-29(30)31(36-17-34-23)38-24-13-22(33)26(14-21(24)32)45-20-7-9-42-27(12-20)35-18-37-42/h3-7,9,12-14,17-19H,8,10-11,15-16H2,1-2H3,(H,34,36,38)/b4-3+. The van der Waals surface area contributed by atoms with Gasteiger partial charge in [-0.2, -0.15) is 5.10 Å². The second kappa shape index (κ2) is 11.6. The molecule has 2 aliphatic rings. The zero-order valence-electron chi connectivity index (χ0n) is 24.5. The van der Waals surface area contributed by atoms with Crippen LogP contribution >= 0.6 is 0 Å². The summed E-state index contributed by atoms with van der Waals surface area (Å²) in [6.07, 6.45) is 7.82. The molecular weight excluding hydrogens is 584 g/mol. The van der Waals surface area contributed by atoms with Gasteiger partial charge in [-0.25, -0.2) is 28.2 Å². The second-order valence-electron chi connectivity index (χ2n) is 11.1. The number of carbonyl (C=O) groups is 1. The van der Waals surface area contributed by atoms with Gasteiger partial charge in [0.1, 0.15) is 30.8 Å². The molecule has 0 saturated carbocycles. The molecule has 2 aromatic carbocycles. The van der Waals surface area contributed by atoms with Gasteiger partial charge in [0.15, 0.2) is 28.8 Å². The van der Waals surface area contributed by atoms with Crippen LogP contribution < -0.4 is 19.7 Å². The summed E-state index contributed by atoms with van der Waals surface area (Å²) >= 11 is 0. The number of hydrogen-bond acceptors (Lipinski definition) is 10. The third-order valence-corrected chi connectivity index (χ3v) is 7.74. The van der Waals surface area contributed by atoms with Crippen molar-refractivity contribution in [3.8, 4) is 17.2 Å². The van der Waals surface area contributed by atoms with Crippen molar-refractivity contribution in [3.63, 3.8) is 0 Å². The van der Waals surface area contributed by atoms with Crippen molar-refractivity contribution in [2.75, 3.05) is 57.1 Å². The maximum atomic E-state index is 15.3. The average Bonchev–Trinajstić information content (AvgIpc) is 3.50. The third-order valence-electron chi connectivity index (χ3n) is 7.74. The van der Waals surface area contributed by atoms with Crippen molar-refractivity contribution in [1.29, 1.82) is 0 Å². The number of fused-ring (bicyclic) bond motifs is 6. The van der Waals surface area contributed by atoms with E-state index in [-0.39, 0.29) is 35.0 Å². The van der Waals surface area contributed by atoms with Crippen molar-refractivity contribution >= 4 is 39.6 Å². The highest BCUT2D eigenvalue weighted by molar-refractivity contribution is 6.00. The monoisotopic (exact) mass is 613 g/mol. The van der Waals surface area contributed by atoms with E-state index in [0.717, 1.165) is 17.8 Å². The highest BCUT2D eigenvalue weighted by atomic mass is 19.1. The number of anilines is 3. The van der Waals surface area contributed by atoms with Crippen molar-refractivity contribution in [1.82, 2.24) is 34.4 Å². The molecule has 0 spiro atoms. The summed E-state index contributed by atoms with van der Waals surface area (Å²) < 4.78 is 43.9. The Morgan fingerprint density at radius 1 is 1.11 bits per heavy atom. The fourth-order valence-electron chi connectivity index (χ4n) is 5.56. The largest absolute Gasteiger partial charge is 0.488 e. The van der Waals surface area contributed by atoms with Gasteiger partial charge in [-0.1, -0.05) is 6.08 Å². The SMILES string of the molecule is CN(C)C/C=C/C(=O)N1CCN2c3ccc4ncnc(Nc5cc(F)c(Oc6ccn7ncnc7c6)cc5F)c4c3OCC2C1. The van der Waals surface area contributed by atoms with Crippen LogP contribution in [-0.4, -0.2) is 93.2 Å². The van der Waals surface area contributed by atoms with Gasteiger partial charge in [0.05, 0.1) is 28.3 Å². The van der Waals surface area contributed by atoms with E-state index in [9.17, 15) is 4.79 Å². The van der Waals surface area contributed by atoms with E-state index >= 15 is 8.78 Å². The van der Waals surface area contributed by atoms with Crippen LogP contribution in [0.5, 0.6) is 17.2 Å². The number of carbonyl (C=O) groups excluding carboxylic acids is 1. The van der Waals surface area contributed by atoms with Crippen molar-refractivity contribution in [2.24, 2.45) is 0 Å². The summed E-state index contributed by atoms with van der Waals surface area (Å²) in [7, 11) is 3.90. The van der Waals surface area contributed by atoms with Gasteiger partial charge in [-0.05, 0) is 32.3 Å². The van der Waals surface area contributed by atoms with E-state index in [1.165, 1.54) is 17.2 Å². The molecule has 1 unspecified atom stereocenters. The number of halogens is 2. The van der Waals surface area contributed by atoms with E-state index < -0.39 is 11.6 Å². The number of benzene rings is 2. The van der Waals surface area contributed by atoms with Crippen LogP contribution in [0, 0.1) is 11.6 Å². The molecule has 5 aromatic rings. The molecule has 0 aliphatic carbocycles. The van der Waals surface area contributed by atoms with Gasteiger partial charge >= 0.3 is 0 Å². The van der Waals surface area contributed by atoms with Crippen LogP contribution in [0.4, 0.5) is 26.0 Å². The smallest absolute Gasteiger partial charge is 0.246 e. The number of rotatable bonds is 7. The topological polar surface area (TPSA) is 113 Å². The second-order valence-corrected chi connectivity index (χ2v) is 11.1. The summed E-state index contributed by atoms with van der Waals surface area (Å²) in [4.78, 5) is 31.6. The predicted octanol–water partition coefficient (Wildman–Crippen LogP) is 4.01. The highest BCUT2D eigenvalue weighted by Crippen LogP contribution is 2.43. The number of nitrogens with one attached hydrogen (secondary N) is 1.